The molecule has 1 aromatic rings. The quantitative estimate of drug-likeness (QED) is 0.924. The Morgan fingerprint density at radius 2 is 2.30 bits per heavy atom. The SMILES string of the molecule is C=C1CCN(c2ccnn2C)[C@H](CCC)C/C=C\1[C@@H]1CCCN1. The summed E-state index contributed by atoms with van der Waals surface area (Å²) in [6.07, 6.45) is 11.5. The minimum absolute atomic E-state index is 0.535. The number of aryl methyl sites for hydroxylation is 1. The Morgan fingerprint density at radius 1 is 1.43 bits per heavy atom. The molecule has 3 rings (SSSR count). The van der Waals surface area contributed by atoms with Crippen molar-refractivity contribution in [3.8, 4) is 0 Å². The topological polar surface area (TPSA) is 33.1 Å². The van der Waals surface area contributed by atoms with E-state index in [4.69, 9.17) is 0 Å². The van der Waals surface area contributed by atoms with E-state index in [1.165, 1.54) is 42.6 Å². The molecular formula is C19H30N4. The molecule has 0 spiro atoms. The van der Waals surface area contributed by atoms with E-state index < -0.39 is 0 Å². The van der Waals surface area contributed by atoms with Crippen LogP contribution in [0.3, 0.4) is 0 Å². The van der Waals surface area contributed by atoms with Crippen LogP contribution in [0.25, 0.3) is 0 Å². The summed E-state index contributed by atoms with van der Waals surface area (Å²) in [4.78, 5) is 2.54. The van der Waals surface area contributed by atoms with Gasteiger partial charge in [-0.3, -0.25) is 4.68 Å². The Labute approximate surface area is 140 Å². The second-order valence-corrected chi connectivity index (χ2v) is 6.85. The number of aromatic nitrogens is 2. The van der Waals surface area contributed by atoms with Crippen LogP contribution in [0.2, 0.25) is 0 Å². The van der Waals surface area contributed by atoms with Crippen molar-refractivity contribution in [2.45, 2.75) is 57.5 Å². The van der Waals surface area contributed by atoms with E-state index in [0.717, 1.165) is 25.9 Å². The van der Waals surface area contributed by atoms with Gasteiger partial charge >= 0.3 is 0 Å². The molecule has 3 heterocycles. The lowest BCUT2D eigenvalue weighted by atomic mass is 9.91. The third-order valence-electron chi connectivity index (χ3n) is 5.26. The van der Waals surface area contributed by atoms with Gasteiger partial charge in [0.25, 0.3) is 0 Å². The maximum Gasteiger partial charge on any atom is 0.126 e. The molecule has 0 aliphatic carbocycles. The third kappa shape index (κ3) is 3.52. The standard InChI is InChI=1S/C19H30N4/c1-4-6-16-8-9-17(18-7-5-12-20-18)15(2)11-14-23(16)19-10-13-21-22(19)3/h9-10,13,16,18,20H,2,4-8,11-12,14H2,1,3H3/b17-9+/t16-,18+/m1/s1. The van der Waals surface area contributed by atoms with Crippen LogP contribution in [0, 0.1) is 0 Å². The zero-order valence-corrected chi connectivity index (χ0v) is 14.6. The fourth-order valence-electron chi connectivity index (χ4n) is 4.01. The van der Waals surface area contributed by atoms with Crippen molar-refractivity contribution in [2.75, 3.05) is 18.0 Å². The van der Waals surface area contributed by atoms with Crippen molar-refractivity contribution in [1.29, 1.82) is 0 Å². The fourth-order valence-corrected chi connectivity index (χ4v) is 4.01. The lowest BCUT2D eigenvalue weighted by molar-refractivity contribution is 0.520. The first-order chi connectivity index (χ1) is 11.2. The van der Waals surface area contributed by atoms with Crippen molar-refractivity contribution in [2.24, 2.45) is 7.05 Å². The predicted molar refractivity (Wildman–Crippen MR) is 96.7 cm³/mol. The van der Waals surface area contributed by atoms with E-state index in [2.05, 4.69) is 41.0 Å². The second-order valence-electron chi connectivity index (χ2n) is 6.85. The summed E-state index contributed by atoms with van der Waals surface area (Å²) in [5.74, 6) is 1.23. The summed E-state index contributed by atoms with van der Waals surface area (Å²) in [5, 5.41) is 8.01. The maximum absolute atomic E-state index is 4.39. The van der Waals surface area contributed by atoms with Gasteiger partial charge in [-0.25, -0.2) is 0 Å². The van der Waals surface area contributed by atoms with E-state index in [1.807, 2.05) is 17.9 Å². The van der Waals surface area contributed by atoms with Gasteiger partial charge in [-0.1, -0.05) is 26.0 Å². The van der Waals surface area contributed by atoms with Crippen LogP contribution >= 0.6 is 0 Å². The van der Waals surface area contributed by atoms with Crippen molar-refractivity contribution in [3.63, 3.8) is 0 Å². The van der Waals surface area contributed by atoms with Gasteiger partial charge in [0.15, 0.2) is 0 Å². The Hall–Kier alpha value is -1.55. The molecule has 0 saturated carbocycles. The Morgan fingerprint density at radius 3 is 2.96 bits per heavy atom. The van der Waals surface area contributed by atoms with E-state index in [9.17, 15) is 0 Å². The molecule has 1 aromatic heterocycles. The first-order valence-electron chi connectivity index (χ1n) is 9.07. The lowest BCUT2D eigenvalue weighted by Gasteiger charge is -2.35. The molecule has 1 saturated heterocycles. The van der Waals surface area contributed by atoms with Gasteiger partial charge in [0.2, 0.25) is 0 Å². The van der Waals surface area contributed by atoms with Crippen LogP contribution in [0.4, 0.5) is 5.82 Å². The molecule has 0 aromatic carbocycles. The highest BCUT2D eigenvalue weighted by atomic mass is 15.4. The van der Waals surface area contributed by atoms with Crippen LogP contribution in [-0.2, 0) is 7.05 Å². The van der Waals surface area contributed by atoms with E-state index in [0.29, 0.717) is 12.1 Å². The van der Waals surface area contributed by atoms with E-state index in [-0.39, 0.29) is 0 Å². The maximum atomic E-state index is 4.39. The predicted octanol–water partition coefficient (Wildman–Crippen LogP) is 3.42. The zero-order chi connectivity index (χ0) is 16.2. The Kier molecular flexibility index (Phi) is 5.21. The minimum atomic E-state index is 0.535. The molecule has 23 heavy (non-hydrogen) atoms. The molecule has 4 nitrogen and oxygen atoms in total. The van der Waals surface area contributed by atoms with Gasteiger partial charge in [-0.05, 0) is 49.8 Å². The van der Waals surface area contributed by atoms with Crippen molar-refractivity contribution in [3.05, 3.63) is 36.1 Å². The summed E-state index contributed by atoms with van der Waals surface area (Å²) in [6, 6.07) is 3.23. The van der Waals surface area contributed by atoms with E-state index >= 15 is 0 Å². The Bertz CT molecular complexity index is 566. The molecule has 2 aliphatic rings. The zero-order valence-electron chi connectivity index (χ0n) is 14.6. The largest absolute Gasteiger partial charge is 0.353 e. The number of anilines is 1. The van der Waals surface area contributed by atoms with Gasteiger partial charge in [0, 0.05) is 31.7 Å². The first kappa shape index (κ1) is 16.3. The van der Waals surface area contributed by atoms with E-state index in [1.54, 1.807) is 0 Å². The van der Waals surface area contributed by atoms with Crippen LogP contribution in [0.5, 0.6) is 0 Å². The van der Waals surface area contributed by atoms with Crippen LogP contribution in [0.1, 0.15) is 45.4 Å². The average molecular weight is 314 g/mol. The highest BCUT2D eigenvalue weighted by Crippen LogP contribution is 2.30. The number of nitrogens with zero attached hydrogens (tertiary/aromatic N) is 3. The molecule has 0 amide bonds. The van der Waals surface area contributed by atoms with Crippen molar-refractivity contribution < 1.29 is 0 Å². The van der Waals surface area contributed by atoms with Crippen LogP contribution in [-0.4, -0.2) is 35.0 Å². The number of hydrogen-bond donors (Lipinski definition) is 1. The number of rotatable bonds is 4. The van der Waals surface area contributed by atoms with Crippen LogP contribution < -0.4 is 10.2 Å². The van der Waals surface area contributed by atoms with Crippen LogP contribution in [0.15, 0.2) is 36.1 Å². The molecule has 4 heteroatoms. The fraction of sp³-hybridized carbons (Fsp3) is 0.632. The first-order valence-corrected chi connectivity index (χ1v) is 9.07. The van der Waals surface area contributed by atoms with Gasteiger partial charge in [0.1, 0.15) is 5.82 Å². The normalized spacial score (nSPS) is 28.3. The highest BCUT2D eigenvalue weighted by Gasteiger charge is 2.26. The summed E-state index contributed by atoms with van der Waals surface area (Å²) < 4.78 is 2.00. The third-order valence-corrected chi connectivity index (χ3v) is 5.26. The molecule has 1 N–H and O–H groups in total. The molecule has 0 radical (unpaired) electrons. The molecule has 0 bridgehead atoms. The van der Waals surface area contributed by atoms with Gasteiger partial charge in [0.05, 0.1) is 6.20 Å². The monoisotopic (exact) mass is 314 g/mol. The summed E-state index contributed by atoms with van der Waals surface area (Å²) >= 11 is 0. The molecule has 1 fully saturated rings. The smallest absolute Gasteiger partial charge is 0.126 e. The average Bonchev–Trinajstić information content (AvgIpc) is 3.18. The van der Waals surface area contributed by atoms with Gasteiger partial charge < -0.3 is 10.2 Å². The number of hydrogen-bond acceptors (Lipinski definition) is 3. The van der Waals surface area contributed by atoms with Crippen molar-refractivity contribution >= 4 is 5.82 Å². The second kappa shape index (κ2) is 7.35. The number of nitrogens with one attached hydrogen (secondary N) is 1. The Balaban J connectivity index is 1.84. The molecule has 2 atom stereocenters. The minimum Gasteiger partial charge on any atom is -0.353 e. The lowest BCUT2D eigenvalue weighted by Crippen LogP contribution is -2.39. The summed E-state index contributed by atoms with van der Waals surface area (Å²) in [6.45, 7) is 8.86. The summed E-state index contributed by atoms with van der Waals surface area (Å²) in [5.41, 5.74) is 2.79. The van der Waals surface area contributed by atoms with Gasteiger partial charge in [-0.15, -0.1) is 0 Å². The molecule has 126 valence electrons. The molecule has 2 aliphatic heterocycles. The molecule has 0 unspecified atom stereocenters. The molecular weight excluding hydrogens is 284 g/mol. The highest BCUT2D eigenvalue weighted by molar-refractivity contribution is 5.43. The summed E-state index contributed by atoms with van der Waals surface area (Å²) in [7, 11) is 2.04. The van der Waals surface area contributed by atoms with Gasteiger partial charge in [-0.2, -0.15) is 5.10 Å². The van der Waals surface area contributed by atoms with Crippen molar-refractivity contribution in [1.82, 2.24) is 15.1 Å².